The normalized spacial score (nSPS) is 40.4. The number of likely N-dealkylation sites (N-methyl/N-ethyl adjacent to an activating group) is 1. The van der Waals surface area contributed by atoms with Gasteiger partial charge in [0, 0.05) is 29.0 Å². The third kappa shape index (κ3) is 3.04. The number of hydrogen-bond acceptors (Lipinski definition) is 5. The first kappa shape index (κ1) is 24.1. The van der Waals surface area contributed by atoms with E-state index in [0.29, 0.717) is 17.5 Å². The van der Waals surface area contributed by atoms with E-state index in [-0.39, 0.29) is 17.1 Å². The zero-order valence-electron chi connectivity index (χ0n) is 22.0. The number of benzene rings is 1. The van der Waals surface area contributed by atoms with Crippen molar-refractivity contribution in [2.75, 3.05) is 14.1 Å². The van der Waals surface area contributed by atoms with E-state index >= 15 is 0 Å². The minimum Gasteiger partial charge on any atom is -0.388 e. The summed E-state index contributed by atoms with van der Waals surface area (Å²) in [6.45, 7) is 4.66. The van der Waals surface area contributed by atoms with Gasteiger partial charge in [-0.3, -0.25) is 0 Å². The number of fused-ring (bicyclic) bond motifs is 2. The summed E-state index contributed by atoms with van der Waals surface area (Å²) in [6.07, 6.45) is 9.20. The molecule has 0 radical (unpaired) electrons. The van der Waals surface area contributed by atoms with Crippen molar-refractivity contribution in [2.45, 2.75) is 75.4 Å². The molecule has 1 saturated carbocycles. The summed E-state index contributed by atoms with van der Waals surface area (Å²) in [7, 11) is 3.96. The molecule has 194 valence electrons. The van der Waals surface area contributed by atoms with Gasteiger partial charge in [-0.2, -0.15) is 0 Å². The molecule has 5 aliphatic rings. The molecule has 3 heterocycles. The van der Waals surface area contributed by atoms with Gasteiger partial charge < -0.3 is 19.8 Å². The molecule has 7 rings (SSSR count). The van der Waals surface area contributed by atoms with Crippen LogP contribution in [0.1, 0.15) is 51.5 Å². The second-order valence-electron chi connectivity index (χ2n) is 12.5. The van der Waals surface area contributed by atoms with Crippen LogP contribution in [-0.4, -0.2) is 63.6 Å². The average Bonchev–Trinajstić information content (AvgIpc) is 3.36. The fourth-order valence-electron chi connectivity index (χ4n) is 8.76. The Morgan fingerprint density at radius 3 is 2.76 bits per heavy atom. The van der Waals surface area contributed by atoms with Crippen molar-refractivity contribution in [1.29, 1.82) is 0 Å². The number of nitrogens with zero attached hydrogens (tertiary/aromatic N) is 2. The maximum absolute atomic E-state index is 11.2. The van der Waals surface area contributed by atoms with Crippen molar-refractivity contribution in [3.63, 3.8) is 0 Å². The molecular formula is C31H35ClN2O3. The van der Waals surface area contributed by atoms with Crippen LogP contribution in [-0.2, 0) is 4.74 Å². The van der Waals surface area contributed by atoms with Crippen LogP contribution in [0.5, 0.6) is 0 Å². The molecule has 6 heteroatoms. The predicted octanol–water partition coefficient (Wildman–Crippen LogP) is 5.30. The summed E-state index contributed by atoms with van der Waals surface area (Å²) < 4.78 is 7.32. The first-order valence-electron chi connectivity index (χ1n) is 13.5. The molecule has 2 spiro atoms. The molecule has 7 unspecified atom stereocenters. The van der Waals surface area contributed by atoms with Crippen LogP contribution in [0.2, 0.25) is 5.15 Å². The summed E-state index contributed by atoms with van der Waals surface area (Å²) in [5.74, 6) is 0.324. The fraction of sp³-hybridized carbons (Fsp3) is 0.516. The first-order valence-corrected chi connectivity index (χ1v) is 13.9. The van der Waals surface area contributed by atoms with Gasteiger partial charge in [0.25, 0.3) is 0 Å². The number of aliphatic hydroxyl groups excluding tert-OH is 2. The molecule has 1 aromatic heterocycles. The van der Waals surface area contributed by atoms with Crippen molar-refractivity contribution in [3.8, 4) is 0 Å². The van der Waals surface area contributed by atoms with Gasteiger partial charge in [-0.15, -0.1) is 0 Å². The van der Waals surface area contributed by atoms with Crippen LogP contribution >= 0.6 is 11.6 Å². The molecule has 37 heavy (non-hydrogen) atoms. The van der Waals surface area contributed by atoms with E-state index in [2.05, 4.69) is 49.2 Å². The van der Waals surface area contributed by atoms with Gasteiger partial charge in [-0.1, -0.05) is 48.4 Å². The highest BCUT2D eigenvalue weighted by Gasteiger charge is 2.68. The van der Waals surface area contributed by atoms with E-state index in [9.17, 15) is 10.2 Å². The van der Waals surface area contributed by atoms with E-state index in [1.807, 2.05) is 25.1 Å². The number of aliphatic hydroxyl groups is 2. The molecule has 2 aliphatic heterocycles. The summed E-state index contributed by atoms with van der Waals surface area (Å²) in [6, 6.07) is 8.44. The maximum atomic E-state index is 11.2. The standard InChI is InChI=1S/C31H35ClN2O3/c1-17-15-29(2)21(19-5-6-20-18(13-19)9-12-33-28(20)32)7-8-25(29)31-11-10-30(37-31)16-24(34(3)4)27(36)26(35)23(30)14-22(17)31/h5-7,9,12-14,24-27,35-36H,8,10-11,15-16H2,1-4H3. The molecule has 0 amide bonds. The molecule has 3 aliphatic carbocycles. The summed E-state index contributed by atoms with van der Waals surface area (Å²) in [5.41, 5.74) is 5.18. The Bertz CT molecular complexity index is 1430. The van der Waals surface area contributed by atoms with E-state index in [1.54, 1.807) is 6.20 Å². The Morgan fingerprint density at radius 1 is 1.16 bits per heavy atom. The van der Waals surface area contributed by atoms with Crippen LogP contribution in [0.25, 0.3) is 16.3 Å². The van der Waals surface area contributed by atoms with Gasteiger partial charge in [0.05, 0.1) is 17.3 Å². The van der Waals surface area contributed by atoms with E-state index in [4.69, 9.17) is 16.3 Å². The highest BCUT2D eigenvalue weighted by atomic mass is 35.5. The van der Waals surface area contributed by atoms with Gasteiger partial charge in [0.15, 0.2) is 0 Å². The molecule has 2 fully saturated rings. The Hall–Kier alpha value is -2.02. The quantitative estimate of drug-likeness (QED) is 0.528. The van der Waals surface area contributed by atoms with Crippen LogP contribution in [0.3, 0.4) is 0 Å². The Morgan fingerprint density at radius 2 is 1.97 bits per heavy atom. The van der Waals surface area contributed by atoms with Crippen molar-refractivity contribution < 1.29 is 14.9 Å². The van der Waals surface area contributed by atoms with Crippen LogP contribution in [0.15, 0.2) is 59.3 Å². The number of allylic oxidation sites excluding steroid dienone is 3. The molecule has 2 aromatic rings. The summed E-state index contributed by atoms with van der Waals surface area (Å²) >= 11 is 6.36. The molecule has 5 nitrogen and oxygen atoms in total. The minimum absolute atomic E-state index is 0.0529. The van der Waals surface area contributed by atoms with Crippen LogP contribution in [0.4, 0.5) is 0 Å². The van der Waals surface area contributed by atoms with Gasteiger partial charge in [-0.25, -0.2) is 4.98 Å². The lowest BCUT2D eigenvalue weighted by atomic mass is 9.56. The maximum Gasteiger partial charge on any atom is 0.136 e. The second-order valence-corrected chi connectivity index (χ2v) is 12.8. The minimum atomic E-state index is -0.901. The first-order chi connectivity index (χ1) is 17.6. The number of pyridine rings is 1. The third-order valence-electron chi connectivity index (χ3n) is 10.4. The zero-order chi connectivity index (χ0) is 25.9. The highest BCUT2D eigenvalue weighted by Crippen LogP contribution is 2.69. The van der Waals surface area contributed by atoms with Gasteiger partial charge in [-0.05, 0) is 92.9 Å². The number of hydrogen-bond donors (Lipinski definition) is 2. The summed E-state index contributed by atoms with van der Waals surface area (Å²) in [5, 5.41) is 24.8. The van der Waals surface area contributed by atoms with Crippen molar-refractivity contribution >= 4 is 27.9 Å². The Kier molecular flexibility index (Phi) is 5.05. The van der Waals surface area contributed by atoms with Crippen molar-refractivity contribution in [3.05, 3.63) is 70.1 Å². The number of aromatic nitrogens is 1. The van der Waals surface area contributed by atoms with Gasteiger partial charge in [0.2, 0.25) is 0 Å². The van der Waals surface area contributed by atoms with Crippen LogP contribution in [0, 0.1) is 11.3 Å². The molecule has 7 atom stereocenters. The van der Waals surface area contributed by atoms with Crippen molar-refractivity contribution in [1.82, 2.24) is 9.88 Å². The van der Waals surface area contributed by atoms with E-state index in [1.165, 1.54) is 22.3 Å². The largest absolute Gasteiger partial charge is 0.388 e. The molecular weight excluding hydrogens is 484 g/mol. The lowest BCUT2D eigenvalue weighted by molar-refractivity contribution is -0.162. The molecule has 2 N–H and O–H groups in total. The Labute approximate surface area is 223 Å². The SMILES string of the molecule is CC1=C2C=C3C(O)C(O)C(N(C)C)CC34CCC2(O4)C2CC=C(c3ccc4c(Cl)nccc4c3)C2(C)C1. The number of rotatable bonds is 2. The average molecular weight is 519 g/mol. The molecule has 1 saturated heterocycles. The second kappa shape index (κ2) is 7.77. The monoisotopic (exact) mass is 518 g/mol. The summed E-state index contributed by atoms with van der Waals surface area (Å²) in [4.78, 5) is 6.27. The number of halogens is 1. The third-order valence-corrected chi connectivity index (χ3v) is 10.7. The number of ether oxygens (including phenoxy) is 1. The smallest absolute Gasteiger partial charge is 0.136 e. The molecule has 1 aromatic carbocycles. The predicted molar refractivity (Wildman–Crippen MR) is 146 cm³/mol. The van der Waals surface area contributed by atoms with E-state index < -0.39 is 17.8 Å². The van der Waals surface area contributed by atoms with E-state index in [0.717, 1.165) is 42.0 Å². The van der Waals surface area contributed by atoms with Crippen molar-refractivity contribution in [2.24, 2.45) is 11.3 Å². The topological polar surface area (TPSA) is 65.8 Å². The van der Waals surface area contributed by atoms with Crippen LogP contribution < -0.4 is 0 Å². The van der Waals surface area contributed by atoms with Gasteiger partial charge in [0.1, 0.15) is 11.3 Å². The lowest BCUT2D eigenvalue weighted by Gasteiger charge is -2.56. The fourth-order valence-corrected chi connectivity index (χ4v) is 8.99. The highest BCUT2D eigenvalue weighted by molar-refractivity contribution is 6.34. The Balaban J connectivity index is 1.33. The lowest BCUT2D eigenvalue weighted by Crippen LogP contribution is -2.62. The zero-order valence-corrected chi connectivity index (χ0v) is 22.7. The molecule has 2 bridgehead atoms. The van der Waals surface area contributed by atoms with Gasteiger partial charge >= 0.3 is 0 Å².